The van der Waals surface area contributed by atoms with E-state index in [-0.39, 0.29) is 24.8 Å². The minimum atomic E-state index is -3.57. The Kier molecular flexibility index (Phi) is 6.78. The molecule has 1 N–H and O–H groups in total. The van der Waals surface area contributed by atoms with Crippen molar-refractivity contribution < 1.29 is 22.8 Å². The van der Waals surface area contributed by atoms with Crippen LogP contribution in [0.3, 0.4) is 0 Å². The fourth-order valence-electron chi connectivity index (χ4n) is 2.83. The molecule has 0 spiro atoms. The largest absolute Gasteiger partial charge is 0.342 e. The first-order chi connectivity index (χ1) is 12.7. The lowest BCUT2D eigenvalue weighted by atomic mass is 10.2. The molecular weight excluding hydrogens is 372 g/mol. The molecule has 0 unspecified atom stereocenters. The van der Waals surface area contributed by atoms with Gasteiger partial charge in [-0.15, -0.1) is 0 Å². The van der Waals surface area contributed by atoms with E-state index >= 15 is 0 Å². The molecule has 0 bridgehead atoms. The summed E-state index contributed by atoms with van der Waals surface area (Å²) in [4.78, 5) is 37.4. The van der Waals surface area contributed by atoms with Gasteiger partial charge in [0.2, 0.25) is 28.2 Å². The predicted molar refractivity (Wildman–Crippen MR) is 102 cm³/mol. The molecule has 0 aromatic heterocycles. The van der Waals surface area contributed by atoms with Gasteiger partial charge in [0.15, 0.2) is 0 Å². The molecule has 2 rings (SSSR count). The molecule has 0 saturated carbocycles. The van der Waals surface area contributed by atoms with Crippen molar-refractivity contribution >= 4 is 39.6 Å². The Morgan fingerprint density at radius 1 is 1.15 bits per heavy atom. The molecule has 10 heteroatoms. The van der Waals surface area contributed by atoms with E-state index in [1.54, 1.807) is 34.1 Å². The smallest absolute Gasteiger partial charge is 0.232 e. The third-order valence-corrected chi connectivity index (χ3v) is 5.41. The highest BCUT2D eigenvalue weighted by atomic mass is 32.2. The van der Waals surface area contributed by atoms with E-state index < -0.39 is 10.0 Å². The molecular formula is C17H24N4O5S. The van der Waals surface area contributed by atoms with Crippen LogP contribution in [0, 0.1) is 0 Å². The minimum absolute atomic E-state index is 0.0189. The van der Waals surface area contributed by atoms with Crippen LogP contribution in [-0.2, 0) is 24.4 Å². The topological polar surface area (TPSA) is 107 Å². The number of hydrogen-bond acceptors (Lipinski definition) is 5. The van der Waals surface area contributed by atoms with Crippen molar-refractivity contribution in [3.63, 3.8) is 0 Å². The van der Waals surface area contributed by atoms with Gasteiger partial charge in [-0.25, -0.2) is 8.42 Å². The van der Waals surface area contributed by atoms with Crippen LogP contribution in [0.5, 0.6) is 0 Å². The summed E-state index contributed by atoms with van der Waals surface area (Å²) in [5.41, 5.74) is 0.981. The van der Waals surface area contributed by atoms with Crippen LogP contribution in [0.15, 0.2) is 24.3 Å². The molecule has 9 nitrogen and oxygen atoms in total. The van der Waals surface area contributed by atoms with Crippen molar-refractivity contribution in [1.82, 2.24) is 9.80 Å². The van der Waals surface area contributed by atoms with Crippen LogP contribution < -0.4 is 9.62 Å². The van der Waals surface area contributed by atoms with Gasteiger partial charge < -0.3 is 15.1 Å². The first-order valence-corrected chi connectivity index (χ1v) is 10.4. The van der Waals surface area contributed by atoms with Gasteiger partial charge in [0.25, 0.3) is 0 Å². The lowest BCUT2D eigenvalue weighted by molar-refractivity contribution is -0.134. The number of nitrogens with one attached hydrogen (secondary N) is 1. The van der Waals surface area contributed by atoms with Crippen LogP contribution >= 0.6 is 0 Å². The van der Waals surface area contributed by atoms with Gasteiger partial charge in [0.1, 0.15) is 0 Å². The number of carbonyl (C=O) groups excluding carboxylic acids is 3. The first-order valence-electron chi connectivity index (χ1n) is 8.53. The summed E-state index contributed by atoms with van der Waals surface area (Å²) in [5.74, 6) is -0.368. The highest BCUT2D eigenvalue weighted by Gasteiger charge is 2.23. The van der Waals surface area contributed by atoms with Gasteiger partial charge >= 0.3 is 0 Å². The predicted octanol–water partition coefficient (Wildman–Crippen LogP) is 0.102. The maximum absolute atomic E-state index is 12.4. The Hall–Kier alpha value is -2.62. The van der Waals surface area contributed by atoms with Crippen LogP contribution in [0.25, 0.3) is 0 Å². The molecule has 1 aromatic carbocycles. The van der Waals surface area contributed by atoms with Crippen molar-refractivity contribution in [2.24, 2.45) is 0 Å². The maximum Gasteiger partial charge on any atom is 0.232 e. The third-order valence-electron chi connectivity index (χ3n) is 4.22. The summed E-state index contributed by atoms with van der Waals surface area (Å²) in [5, 5.41) is 2.61. The lowest BCUT2D eigenvalue weighted by Gasteiger charge is -2.33. The normalized spacial score (nSPS) is 14.6. The van der Waals surface area contributed by atoms with E-state index in [4.69, 9.17) is 0 Å². The molecule has 0 atom stereocenters. The fourth-order valence-corrected chi connectivity index (χ4v) is 3.76. The van der Waals surface area contributed by atoms with Crippen LogP contribution in [0.1, 0.15) is 13.3 Å². The van der Waals surface area contributed by atoms with Crippen molar-refractivity contribution in [2.45, 2.75) is 13.3 Å². The van der Waals surface area contributed by atoms with E-state index in [9.17, 15) is 22.8 Å². The Balaban J connectivity index is 2.02. The average molecular weight is 396 g/mol. The molecule has 1 aliphatic heterocycles. The van der Waals surface area contributed by atoms with Gasteiger partial charge in [0.05, 0.1) is 11.9 Å². The molecule has 0 radical (unpaired) electrons. The highest BCUT2D eigenvalue weighted by molar-refractivity contribution is 7.92. The number of carbonyl (C=O) groups is 3. The SMILES string of the molecule is CC(=O)Nc1ccc(N(CCC(=O)N2CCN(C=O)CC2)S(C)(=O)=O)cc1. The quantitative estimate of drug-likeness (QED) is 0.658. The van der Waals surface area contributed by atoms with E-state index in [1.165, 1.54) is 11.2 Å². The second-order valence-electron chi connectivity index (χ2n) is 6.34. The van der Waals surface area contributed by atoms with E-state index in [0.717, 1.165) is 12.7 Å². The van der Waals surface area contributed by atoms with E-state index in [0.29, 0.717) is 37.6 Å². The van der Waals surface area contributed by atoms with Crippen molar-refractivity contribution in [3.05, 3.63) is 24.3 Å². The molecule has 1 heterocycles. The molecule has 1 saturated heterocycles. The number of hydrogen-bond donors (Lipinski definition) is 1. The zero-order chi connectivity index (χ0) is 20.0. The molecule has 27 heavy (non-hydrogen) atoms. The van der Waals surface area contributed by atoms with Crippen molar-refractivity contribution in [2.75, 3.05) is 48.6 Å². The van der Waals surface area contributed by atoms with Crippen LogP contribution in [0.4, 0.5) is 11.4 Å². The van der Waals surface area contributed by atoms with Crippen LogP contribution in [0.2, 0.25) is 0 Å². The molecule has 148 valence electrons. The number of nitrogens with zero attached hydrogens (tertiary/aromatic N) is 3. The monoisotopic (exact) mass is 396 g/mol. The zero-order valence-corrected chi connectivity index (χ0v) is 16.2. The number of benzene rings is 1. The molecule has 1 aliphatic rings. The first kappa shape index (κ1) is 20.7. The summed E-state index contributed by atoms with van der Waals surface area (Å²) in [7, 11) is -3.57. The van der Waals surface area contributed by atoms with Gasteiger partial charge in [-0.2, -0.15) is 0 Å². The standard InChI is InChI=1S/C17H24N4O5S/c1-14(23)18-15-3-5-16(6-4-15)21(27(2,25)26)8-7-17(24)20-11-9-19(13-22)10-12-20/h3-6,13H,7-12H2,1-2H3,(H,18,23). The Labute approximate surface area is 159 Å². The van der Waals surface area contributed by atoms with Crippen LogP contribution in [-0.4, -0.2) is 75.4 Å². The average Bonchev–Trinajstić information content (AvgIpc) is 2.61. The lowest BCUT2D eigenvalue weighted by Crippen LogP contribution is -2.48. The summed E-state index contributed by atoms with van der Waals surface area (Å²) in [6.45, 7) is 3.26. The highest BCUT2D eigenvalue weighted by Crippen LogP contribution is 2.21. The second-order valence-corrected chi connectivity index (χ2v) is 8.24. The number of sulfonamides is 1. The number of rotatable bonds is 7. The minimum Gasteiger partial charge on any atom is -0.342 e. The zero-order valence-electron chi connectivity index (χ0n) is 15.4. The fraction of sp³-hybridized carbons (Fsp3) is 0.471. The Morgan fingerprint density at radius 3 is 2.22 bits per heavy atom. The number of amides is 3. The van der Waals surface area contributed by atoms with Gasteiger partial charge in [-0.1, -0.05) is 0 Å². The summed E-state index contributed by atoms with van der Waals surface area (Å²) in [6, 6.07) is 6.38. The Morgan fingerprint density at radius 2 is 1.74 bits per heavy atom. The molecule has 1 aromatic rings. The Bertz CT molecular complexity index is 786. The summed E-state index contributed by atoms with van der Waals surface area (Å²) < 4.78 is 25.5. The molecule has 0 aliphatic carbocycles. The van der Waals surface area contributed by atoms with Crippen molar-refractivity contribution in [1.29, 1.82) is 0 Å². The van der Waals surface area contributed by atoms with Crippen molar-refractivity contribution in [3.8, 4) is 0 Å². The van der Waals surface area contributed by atoms with Gasteiger partial charge in [0, 0.05) is 51.8 Å². The summed E-state index contributed by atoms with van der Waals surface area (Å²) in [6.07, 6.45) is 1.89. The van der Waals surface area contributed by atoms with Gasteiger partial charge in [-0.05, 0) is 24.3 Å². The van der Waals surface area contributed by atoms with E-state index in [2.05, 4.69) is 5.32 Å². The molecule has 3 amide bonds. The third kappa shape index (κ3) is 5.95. The second kappa shape index (κ2) is 8.85. The molecule has 1 fully saturated rings. The number of anilines is 2. The van der Waals surface area contributed by atoms with Gasteiger partial charge in [-0.3, -0.25) is 18.7 Å². The maximum atomic E-state index is 12.4. The summed E-state index contributed by atoms with van der Waals surface area (Å²) >= 11 is 0. The van der Waals surface area contributed by atoms with E-state index in [1.807, 2.05) is 0 Å². The number of piperazine rings is 1.